The third-order valence-electron chi connectivity index (χ3n) is 3.35. The van der Waals surface area contributed by atoms with E-state index >= 15 is 0 Å². The molecule has 15 heavy (non-hydrogen) atoms. The Morgan fingerprint density at radius 3 is 2.40 bits per heavy atom. The normalized spacial score (nSPS) is 19.1. The van der Waals surface area contributed by atoms with Gasteiger partial charge in [0.25, 0.3) is 0 Å². The lowest BCUT2D eigenvalue weighted by Crippen LogP contribution is -2.44. The van der Waals surface area contributed by atoms with Crippen molar-refractivity contribution in [2.24, 2.45) is 16.9 Å². The van der Waals surface area contributed by atoms with Crippen LogP contribution in [0.2, 0.25) is 0 Å². The number of carbonyl (C=O) groups is 1. The fraction of sp³-hybridized carbons (Fsp3) is 0.909. The molecule has 0 spiro atoms. The minimum atomic E-state index is -0.261. The fourth-order valence-corrected chi connectivity index (χ4v) is 2.23. The van der Waals surface area contributed by atoms with Crippen molar-refractivity contribution in [2.75, 3.05) is 19.6 Å². The van der Waals surface area contributed by atoms with E-state index in [-0.39, 0.29) is 11.3 Å². The van der Waals surface area contributed by atoms with Crippen LogP contribution in [0.5, 0.6) is 0 Å². The van der Waals surface area contributed by atoms with Crippen molar-refractivity contribution < 1.29 is 4.79 Å². The first kappa shape index (κ1) is 12.5. The molecular weight excluding hydrogens is 190 g/mol. The summed E-state index contributed by atoms with van der Waals surface area (Å²) in [6, 6.07) is 0. The zero-order valence-electron chi connectivity index (χ0n) is 9.43. The average Bonchev–Trinajstić information content (AvgIpc) is 2.74. The molecule has 1 amide bonds. The summed E-state index contributed by atoms with van der Waals surface area (Å²) in [4.78, 5) is 11.9. The Morgan fingerprint density at radius 1 is 1.20 bits per heavy atom. The molecule has 0 aliphatic heterocycles. The fourth-order valence-electron chi connectivity index (χ4n) is 2.23. The third-order valence-corrected chi connectivity index (χ3v) is 3.35. The van der Waals surface area contributed by atoms with Gasteiger partial charge in [-0.1, -0.05) is 12.8 Å². The Kier molecular flexibility index (Phi) is 5.05. The molecule has 0 radical (unpaired) electrons. The predicted octanol–water partition coefficient (Wildman–Crippen LogP) is 0.361. The second-order valence-electron chi connectivity index (χ2n) is 4.44. The molecule has 0 heterocycles. The molecule has 1 aliphatic rings. The van der Waals surface area contributed by atoms with Crippen molar-refractivity contribution in [3.05, 3.63) is 0 Å². The molecular formula is C11H23N3O. The zero-order chi connectivity index (χ0) is 11.1. The second-order valence-corrected chi connectivity index (χ2v) is 4.44. The van der Waals surface area contributed by atoms with Gasteiger partial charge in [-0.25, -0.2) is 0 Å². The maximum Gasteiger partial charge on any atom is 0.227 e. The molecule has 4 heteroatoms. The second kappa shape index (κ2) is 6.08. The monoisotopic (exact) mass is 213 g/mol. The van der Waals surface area contributed by atoms with Crippen LogP contribution in [0, 0.1) is 5.41 Å². The molecule has 1 aliphatic carbocycles. The van der Waals surface area contributed by atoms with Gasteiger partial charge < -0.3 is 16.8 Å². The maximum absolute atomic E-state index is 11.9. The third kappa shape index (κ3) is 3.18. The molecule has 4 nitrogen and oxygen atoms in total. The highest BCUT2D eigenvalue weighted by Gasteiger charge is 2.39. The van der Waals surface area contributed by atoms with Gasteiger partial charge in [-0.05, 0) is 32.2 Å². The molecule has 88 valence electrons. The Hall–Kier alpha value is -0.610. The van der Waals surface area contributed by atoms with Crippen LogP contribution in [0.15, 0.2) is 0 Å². The van der Waals surface area contributed by atoms with Crippen molar-refractivity contribution in [1.29, 1.82) is 0 Å². The van der Waals surface area contributed by atoms with E-state index in [9.17, 15) is 4.79 Å². The quantitative estimate of drug-likeness (QED) is 0.557. The van der Waals surface area contributed by atoms with Gasteiger partial charge >= 0.3 is 0 Å². The van der Waals surface area contributed by atoms with Gasteiger partial charge in [0.15, 0.2) is 0 Å². The Morgan fingerprint density at radius 2 is 1.87 bits per heavy atom. The summed E-state index contributed by atoms with van der Waals surface area (Å²) in [5.41, 5.74) is 10.8. The molecule has 1 fully saturated rings. The lowest BCUT2D eigenvalue weighted by atomic mass is 9.85. The lowest BCUT2D eigenvalue weighted by Gasteiger charge is -2.25. The minimum Gasteiger partial charge on any atom is -0.356 e. The zero-order valence-corrected chi connectivity index (χ0v) is 9.43. The number of carbonyl (C=O) groups excluding carboxylic acids is 1. The Labute approximate surface area is 91.8 Å². The van der Waals surface area contributed by atoms with Crippen molar-refractivity contribution in [3.63, 3.8) is 0 Å². The van der Waals surface area contributed by atoms with E-state index in [2.05, 4.69) is 5.32 Å². The minimum absolute atomic E-state index is 0.152. The number of hydrogen-bond acceptors (Lipinski definition) is 3. The molecule has 0 aromatic carbocycles. The van der Waals surface area contributed by atoms with Crippen LogP contribution in [0.25, 0.3) is 0 Å². The summed E-state index contributed by atoms with van der Waals surface area (Å²) in [6.07, 6.45) is 6.10. The molecule has 0 unspecified atom stereocenters. The lowest BCUT2D eigenvalue weighted by molar-refractivity contribution is -0.130. The molecule has 1 saturated carbocycles. The van der Waals surface area contributed by atoms with Crippen LogP contribution in [0.4, 0.5) is 0 Å². The van der Waals surface area contributed by atoms with E-state index in [0.717, 1.165) is 45.1 Å². The van der Waals surface area contributed by atoms with E-state index in [1.807, 2.05) is 0 Å². The number of unbranched alkanes of at least 4 members (excludes halogenated alkanes) is 1. The van der Waals surface area contributed by atoms with Crippen LogP contribution in [0.1, 0.15) is 38.5 Å². The summed E-state index contributed by atoms with van der Waals surface area (Å²) in [5, 5.41) is 2.98. The van der Waals surface area contributed by atoms with Gasteiger partial charge in [0, 0.05) is 13.1 Å². The van der Waals surface area contributed by atoms with E-state index in [0.29, 0.717) is 13.1 Å². The molecule has 0 aromatic heterocycles. The van der Waals surface area contributed by atoms with Crippen molar-refractivity contribution >= 4 is 5.91 Å². The number of hydrogen-bond donors (Lipinski definition) is 3. The standard InChI is InChI=1S/C11H23N3O/c12-7-3-4-8-14-10(15)11(9-13)5-1-2-6-11/h1-9,12-13H2,(H,14,15). The summed E-state index contributed by atoms with van der Waals surface area (Å²) >= 11 is 0. The molecule has 0 saturated heterocycles. The number of nitrogens with one attached hydrogen (secondary N) is 1. The van der Waals surface area contributed by atoms with Crippen molar-refractivity contribution in [2.45, 2.75) is 38.5 Å². The van der Waals surface area contributed by atoms with Crippen LogP contribution in [0.3, 0.4) is 0 Å². The van der Waals surface area contributed by atoms with Gasteiger partial charge in [-0.3, -0.25) is 4.79 Å². The molecule has 0 bridgehead atoms. The van der Waals surface area contributed by atoms with Crippen LogP contribution in [-0.2, 0) is 4.79 Å². The highest BCUT2D eigenvalue weighted by molar-refractivity contribution is 5.83. The first-order chi connectivity index (χ1) is 7.25. The largest absolute Gasteiger partial charge is 0.356 e. The summed E-state index contributed by atoms with van der Waals surface area (Å²) in [5.74, 6) is 0.152. The average molecular weight is 213 g/mol. The van der Waals surface area contributed by atoms with E-state index < -0.39 is 0 Å². The van der Waals surface area contributed by atoms with Gasteiger partial charge in [-0.2, -0.15) is 0 Å². The first-order valence-electron chi connectivity index (χ1n) is 5.93. The van der Waals surface area contributed by atoms with Gasteiger partial charge in [0.2, 0.25) is 5.91 Å². The number of nitrogens with two attached hydrogens (primary N) is 2. The van der Waals surface area contributed by atoms with Crippen LogP contribution in [-0.4, -0.2) is 25.5 Å². The predicted molar refractivity (Wildman–Crippen MR) is 61.3 cm³/mol. The first-order valence-corrected chi connectivity index (χ1v) is 5.93. The van der Waals surface area contributed by atoms with Gasteiger partial charge in [0.1, 0.15) is 0 Å². The SMILES string of the molecule is NCCCCNC(=O)C1(CN)CCCC1. The topological polar surface area (TPSA) is 81.1 Å². The van der Waals surface area contributed by atoms with Crippen molar-refractivity contribution in [3.8, 4) is 0 Å². The molecule has 0 atom stereocenters. The van der Waals surface area contributed by atoms with Crippen molar-refractivity contribution in [1.82, 2.24) is 5.32 Å². The van der Waals surface area contributed by atoms with Gasteiger partial charge in [0.05, 0.1) is 5.41 Å². The van der Waals surface area contributed by atoms with E-state index in [1.54, 1.807) is 0 Å². The van der Waals surface area contributed by atoms with Gasteiger partial charge in [-0.15, -0.1) is 0 Å². The number of rotatable bonds is 6. The van der Waals surface area contributed by atoms with Crippen LogP contribution < -0.4 is 16.8 Å². The van der Waals surface area contributed by atoms with E-state index in [1.165, 1.54) is 0 Å². The summed E-state index contributed by atoms with van der Waals surface area (Å²) < 4.78 is 0. The summed E-state index contributed by atoms with van der Waals surface area (Å²) in [7, 11) is 0. The highest BCUT2D eigenvalue weighted by atomic mass is 16.2. The Balaban J connectivity index is 2.31. The highest BCUT2D eigenvalue weighted by Crippen LogP contribution is 2.37. The number of amides is 1. The maximum atomic E-state index is 11.9. The van der Waals surface area contributed by atoms with Crippen LogP contribution >= 0.6 is 0 Å². The summed E-state index contributed by atoms with van der Waals surface area (Å²) in [6.45, 7) is 1.91. The molecule has 5 N–H and O–H groups in total. The molecule has 1 rings (SSSR count). The smallest absolute Gasteiger partial charge is 0.227 e. The molecule has 0 aromatic rings. The Bertz CT molecular complexity index is 200. The van der Waals surface area contributed by atoms with E-state index in [4.69, 9.17) is 11.5 Å².